The van der Waals surface area contributed by atoms with Crippen LogP contribution in [-0.4, -0.2) is 47.3 Å². The number of rotatable bonds is 10. The van der Waals surface area contributed by atoms with Crippen LogP contribution in [0.2, 0.25) is 0 Å². The molecule has 0 aliphatic heterocycles. The Morgan fingerprint density at radius 2 is 2.00 bits per heavy atom. The Hall–Kier alpha value is -2.71. The van der Waals surface area contributed by atoms with E-state index in [1.54, 1.807) is 12.1 Å². The van der Waals surface area contributed by atoms with Crippen LogP contribution in [-0.2, 0) is 22.5 Å². The molecule has 0 saturated carbocycles. The zero-order valence-corrected chi connectivity index (χ0v) is 16.7. The van der Waals surface area contributed by atoms with Gasteiger partial charge in [-0.3, -0.25) is 10.1 Å². The monoisotopic (exact) mass is 387 g/mol. The number of hydrogen-bond acceptors (Lipinski definition) is 8. The Bertz CT molecular complexity index is 774. The number of nitrogens with zero attached hydrogens (tertiary/aromatic N) is 2. The summed E-state index contributed by atoms with van der Waals surface area (Å²) in [5.41, 5.74) is 9.33. The molecule has 1 heterocycles. The van der Waals surface area contributed by atoms with Gasteiger partial charge in [0.05, 0.1) is 7.11 Å². The molecule has 28 heavy (non-hydrogen) atoms. The van der Waals surface area contributed by atoms with Gasteiger partial charge in [-0.15, -0.1) is 0 Å². The standard InChI is InChI=1S/C20H29N5O3/c1-13-17(12-23-18(11-21)19(27)28-3)14(2)25-20(24-13)22-9-5-7-15-6-4-8-16(26)10-15/h4,6,8,10,18,23,26H,5,7,9,11-12,21H2,1-3H3,(H,22,24,25)/t18-/m0/s1. The highest BCUT2D eigenvalue weighted by Gasteiger charge is 2.18. The molecule has 152 valence electrons. The quantitative estimate of drug-likeness (QED) is 0.357. The SMILES string of the molecule is COC(=O)[C@H](CN)NCc1c(C)nc(NCCCc2cccc(O)c2)nc1C. The molecule has 2 rings (SSSR count). The molecule has 0 saturated heterocycles. The second-order valence-electron chi connectivity index (χ2n) is 6.59. The van der Waals surface area contributed by atoms with Crippen LogP contribution in [0.4, 0.5) is 5.95 Å². The van der Waals surface area contributed by atoms with Crippen LogP contribution < -0.4 is 16.4 Å². The fraction of sp³-hybridized carbons (Fsp3) is 0.450. The number of aryl methyl sites for hydroxylation is 3. The molecule has 0 fully saturated rings. The van der Waals surface area contributed by atoms with E-state index in [1.165, 1.54) is 7.11 Å². The van der Waals surface area contributed by atoms with Crippen LogP contribution in [0.3, 0.4) is 0 Å². The van der Waals surface area contributed by atoms with Gasteiger partial charge in [0.1, 0.15) is 11.8 Å². The van der Waals surface area contributed by atoms with Crippen molar-refractivity contribution in [1.82, 2.24) is 15.3 Å². The number of benzene rings is 1. The number of hydrogen-bond donors (Lipinski definition) is 4. The van der Waals surface area contributed by atoms with Crippen LogP contribution in [0, 0.1) is 13.8 Å². The molecule has 0 spiro atoms. The number of anilines is 1. The van der Waals surface area contributed by atoms with E-state index in [0.717, 1.165) is 41.9 Å². The molecule has 2 aromatic rings. The van der Waals surface area contributed by atoms with Crippen LogP contribution in [0.25, 0.3) is 0 Å². The molecule has 0 aliphatic rings. The number of phenolic OH excluding ortho intramolecular Hbond substituents is 1. The number of ether oxygens (including phenoxy) is 1. The summed E-state index contributed by atoms with van der Waals surface area (Å²) >= 11 is 0. The predicted molar refractivity (Wildman–Crippen MR) is 108 cm³/mol. The van der Waals surface area contributed by atoms with Crippen LogP contribution >= 0.6 is 0 Å². The van der Waals surface area contributed by atoms with Gasteiger partial charge >= 0.3 is 5.97 Å². The number of aromatic nitrogens is 2. The molecular formula is C20H29N5O3. The summed E-state index contributed by atoms with van der Waals surface area (Å²) in [6.45, 7) is 5.15. The summed E-state index contributed by atoms with van der Waals surface area (Å²) in [5, 5.41) is 15.8. The van der Waals surface area contributed by atoms with Crippen molar-refractivity contribution in [3.05, 3.63) is 46.8 Å². The minimum absolute atomic E-state index is 0.157. The van der Waals surface area contributed by atoms with Crippen molar-refractivity contribution >= 4 is 11.9 Å². The van der Waals surface area contributed by atoms with Crippen molar-refractivity contribution < 1.29 is 14.6 Å². The minimum Gasteiger partial charge on any atom is -0.508 e. The Balaban J connectivity index is 1.89. The van der Waals surface area contributed by atoms with Crippen molar-refractivity contribution in [1.29, 1.82) is 0 Å². The van der Waals surface area contributed by atoms with Gasteiger partial charge in [-0.1, -0.05) is 12.1 Å². The lowest BCUT2D eigenvalue weighted by molar-refractivity contribution is -0.142. The third-order valence-electron chi connectivity index (χ3n) is 4.50. The summed E-state index contributed by atoms with van der Waals surface area (Å²) in [6.07, 6.45) is 1.75. The Morgan fingerprint density at radius 3 is 2.61 bits per heavy atom. The molecule has 1 aromatic carbocycles. The smallest absolute Gasteiger partial charge is 0.324 e. The largest absolute Gasteiger partial charge is 0.508 e. The van der Waals surface area contributed by atoms with E-state index in [-0.39, 0.29) is 18.3 Å². The molecule has 0 amide bonds. The van der Waals surface area contributed by atoms with Crippen molar-refractivity contribution in [2.24, 2.45) is 5.73 Å². The number of carbonyl (C=O) groups is 1. The number of carbonyl (C=O) groups excluding carboxylic acids is 1. The van der Waals surface area contributed by atoms with Crippen molar-refractivity contribution in [2.45, 2.75) is 39.3 Å². The van der Waals surface area contributed by atoms with Gasteiger partial charge in [0.2, 0.25) is 5.95 Å². The highest BCUT2D eigenvalue weighted by atomic mass is 16.5. The maximum Gasteiger partial charge on any atom is 0.324 e. The first-order valence-electron chi connectivity index (χ1n) is 9.31. The van der Waals surface area contributed by atoms with Gasteiger partial charge in [0, 0.05) is 36.6 Å². The summed E-state index contributed by atoms with van der Waals surface area (Å²) in [5.74, 6) is 0.482. The lowest BCUT2D eigenvalue weighted by Gasteiger charge is -2.17. The van der Waals surface area contributed by atoms with Gasteiger partial charge in [0.15, 0.2) is 0 Å². The number of phenols is 1. The number of nitrogens with two attached hydrogens (primary N) is 1. The summed E-state index contributed by atoms with van der Waals surface area (Å²) in [7, 11) is 1.34. The van der Waals surface area contributed by atoms with Crippen LogP contribution in [0.5, 0.6) is 5.75 Å². The summed E-state index contributed by atoms with van der Waals surface area (Å²) in [6, 6.07) is 6.72. The fourth-order valence-electron chi connectivity index (χ4n) is 2.91. The second kappa shape index (κ2) is 10.6. The third kappa shape index (κ3) is 6.17. The van der Waals surface area contributed by atoms with Gasteiger partial charge < -0.3 is 20.9 Å². The average Bonchev–Trinajstić information content (AvgIpc) is 2.67. The Morgan fingerprint density at radius 1 is 1.29 bits per heavy atom. The maximum atomic E-state index is 11.6. The van der Waals surface area contributed by atoms with Crippen LogP contribution in [0.1, 0.15) is 28.9 Å². The minimum atomic E-state index is -0.556. The molecule has 0 aliphatic carbocycles. The van der Waals surface area contributed by atoms with Gasteiger partial charge in [0.25, 0.3) is 0 Å². The average molecular weight is 387 g/mol. The lowest BCUT2D eigenvalue weighted by atomic mass is 10.1. The van der Waals surface area contributed by atoms with Crippen molar-refractivity contribution in [3.8, 4) is 5.75 Å². The summed E-state index contributed by atoms with van der Waals surface area (Å²) < 4.78 is 4.73. The zero-order chi connectivity index (χ0) is 20.5. The number of methoxy groups -OCH3 is 1. The van der Waals surface area contributed by atoms with E-state index >= 15 is 0 Å². The number of esters is 1. The van der Waals surface area contributed by atoms with E-state index in [4.69, 9.17) is 10.5 Å². The molecule has 1 atom stereocenters. The van der Waals surface area contributed by atoms with E-state index in [2.05, 4.69) is 20.6 Å². The molecular weight excluding hydrogens is 358 g/mol. The van der Waals surface area contributed by atoms with Gasteiger partial charge in [-0.25, -0.2) is 9.97 Å². The molecule has 0 bridgehead atoms. The topological polar surface area (TPSA) is 122 Å². The van der Waals surface area contributed by atoms with E-state index in [1.807, 2.05) is 26.0 Å². The lowest BCUT2D eigenvalue weighted by Crippen LogP contribution is -2.43. The molecule has 0 radical (unpaired) electrons. The Kier molecular flexibility index (Phi) is 8.16. The second-order valence-corrected chi connectivity index (χ2v) is 6.59. The highest BCUT2D eigenvalue weighted by Crippen LogP contribution is 2.14. The molecule has 0 unspecified atom stereocenters. The molecule has 8 nitrogen and oxygen atoms in total. The molecule has 5 N–H and O–H groups in total. The maximum absolute atomic E-state index is 11.6. The first-order valence-corrected chi connectivity index (χ1v) is 9.31. The fourth-order valence-corrected chi connectivity index (χ4v) is 2.91. The third-order valence-corrected chi connectivity index (χ3v) is 4.50. The van der Waals surface area contributed by atoms with Gasteiger partial charge in [-0.05, 0) is 44.4 Å². The van der Waals surface area contributed by atoms with Crippen molar-refractivity contribution in [3.63, 3.8) is 0 Å². The Labute approximate surface area is 165 Å². The van der Waals surface area contributed by atoms with E-state index < -0.39 is 6.04 Å². The first-order chi connectivity index (χ1) is 13.4. The first kappa shape index (κ1) is 21.6. The number of nitrogens with one attached hydrogen (secondary N) is 2. The number of aromatic hydroxyl groups is 1. The predicted octanol–water partition coefficient (Wildman–Crippen LogP) is 1.43. The summed E-state index contributed by atoms with van der Waals surface area (Å²) in [4.78, 5) is 20.7. The van der Waals surface area contributed by atoms with Gasteiger partial charge in [-0.2, -0.15) is 0 Å². The zero-order valence-electron chi connectivity index (χ0n) is 16.7. The van der Waals surface area contributed by atoms with Crippen LogP contribution in [0.15, 0.2) is 24.3 Å². The van der Waals surface area contributed by atoms with E-state index in [9.17, 15) is 9.90 Å². The van der Waals surface area contributed by atoms with E-state index in [0.29, 0.717) is 12.5 Å². The molecule has 8 heteroatoms. The normalized spacial score (nSPS) is 11.9. The van der Waals surface area contributed by atoms with Crippen molar-refractivity contribution in [2.75, 3.05) is 25.5 Å². The molecule has 1 aromatic heterocycles. The highest BCUT2D eigenvalue weighted by molar-refractivity contribution is 5.75.